The maximum Gasteiger partial charge on any atom is 0.333 e. The molecule has 0 saturated heterocycles. The summed E-state index contributed by atoms with van der Waals surface area (Å²) in [5.41, 5.74) is 1.92. The van der Waals surface area contributed by atoms with E-state index in [0.29, 0.717) is 23.5 Å². The molecule has 1 N–H and O–H groups in total. The maximum atomic E-state index is 12.7. The molecule has 0 bridgehead atoms. The van der Waals surface area contributed by atoms with Crippen LogP contribution < -0.4 is 10.1 Å². The van der Waals surface area contributed by atoms with Crippen LogP contribution in [0.2, 0.25) is 0 Å². The molecule has 2 aromatic carbocycles. The molecule has 1 atom stereocenters. The molecule has 3 aromatic rings. The lowest BCUT2D eigenvalue weighted by Gasteiger charge is -2.17. The minimum Gasteiger partial charge on any atom is -0.489 e. The third-order valence-corrected chi connectivity index (χ3v) is 4.67. The van der Waals surface area contributed by atoms with Gasteiger partial charge in [-0.1, -0.05) is 40.2 Å². The molecule has 0 saturated carbocycles. The number of rotatable bonds is 7. The van der Waals surface area contributed by atoms with Crippen LogP contribution in [-0.4, -0.2) is 24.0 Å². The highest BCUT2D eigenvalue weighted by Gasteiger charge is 2.24. The Morgan fingerprint density at radius 2 is 1.90 bits per heavy atom. The SMILES string of the molecule is COC(=O)C(NC(=O)c1cccc(OCc2cccnc2)c1)c1ccc(Br)cc1. The highest BCUT2D eigenvalue weighted by atomic mass is 79.9. The van der Waals surface area contributed by atoms with E-state index < -0.39 is 17.9 Å². The molecule has 1 amide bonds. The van der Waals surface area contributed by atoms with Gasteiger partial charge in [0.15, 0.2) is 6.04 Å². The zero-order valence-corrected chi connectivity index (χ0v) is 17.3. The Labute approximate surface area is 177 Å². The summed E-state index contributed by atoms with van der Waals surface area (Å²) in [5.74, 6) is -0.417. The maximum absolute atomic E-state index is 12.7. The van der Waals surface area contributed by atoms with Gasteiger partial charge in [-0.05, 0) is 42.0 Å². The number of halogens is 1. The van der Waals surface area contributed by atoms with Crippen molar-refractivity contribution in [2.75, 3.05) is 7.11 Å². The summed E-state index contributed by atoms with van der Waals surface area (Å²) in [6.07, 6.45) is 3.41. The van der Waals surface area contributed by atoms with Crippen LogP contribution in [0.1, 0.15) is 27.5 Å². The molecule has 0 fully saturated rings. The third-order valence-electron chi connectivity index (χ3n) is 4.14. The standard InChI is InChI=1S/C22H19BrN2O4/c1-28-22(27)20(16-7-9-18(23)10-8-16)25-21(26)17-5-2-6-19(12-17)29-14-15-4-3-11-24-13-15/h2-13,20H,14H2,1H3,(H,25,26). The molecule has 0 aliphatic rings. The van der Waals surface area contributed by atoms with E-state index in [1.807, 2.05) is 12.1 Å². The van der Waals surface area contributed by atoms with Crippen molar-refractivity contribution in [1.29, 1.82) is 0 Å². The number of nitrogens with zero attached hydrogens (tertiary/aromatic N) is 1. The number of ether oxygens (including phenoxy) is 2. The minimum absolute atomic E-state index is 0.336. The molecule has 29 heavy (non-hydrogen) atoms. The Bertz CT molecular complexity index is 978. The second-order valence-corrected chi connectivity index (χ2v) is 7.07. The van der Waals surface area contributed by atoms with Crippen molar-refractivity contribution in [1.82, 2.24) is 10.3 Å². The number of carbonyl (C=O) groups is 2. The van der Waals surface area contributed by atoms with Crippen LogP contribution >= 0.6 is 15.9 Å². The number of hydrogen-bond acceptors (Lipinski definition) is 5. The number of pyridine rings is 1. The van der Waals surface area contributed by atoms with Crippen molar-refractivity contribution in [2.24, 2.45) is 0 Å². The first-order valence-electron chi connectivity index (χ1n) is 8.83. The highest BCUT2D eigenvalue weighted by molar-refractivity contribution is 9.10. The monoisotopic (exact) mass is 454 g/mol. The van der Waals surface area contributed by atoms with Gasteiger partial charge in [-0.15, -0.1) is 0 Å². The summed E-state index contributed by atoms with van der Waals surface area (Å²) < 4.78 is 11.5. The van der Waals surface area contributed by atoms with E-state index in [-0.39, 0.29) is 0 Å². The van der Waals surface area contributed by atoms with E-state index in [2.05, 4.69) is 26.2 Å². The van der Waals surface area contributed by atoms with Crippen molar-refractivity contribution in [2.45, 2.75) is 12.6 Å². The lowest BCUT2D eigenvalue weighted by Crippen LogP contribution is -2.34. The van der Waals surface area contributed by atoms with Crippen LogP contribution in [0.4, 0.5) is 0 Å². The van der Waals surface area contributed by atoms with E-state index in [9.17, 15) is 9.59 Å². The smallest absolute Gasteiger partial charge is 0.333 e. The lowest BCUT2D eigenvalue weighted by molar-refractivity contribution is -0.143. The second-order valence-electron chi connectivity index (χ2n) is 6.16. The van der Waals surface area contributed by atoms with Crippen LogP contribution in [0.5, 0.6) is 5.75 Å². The van der Waals surface area contributed by atoms with Crippen molar-refractivity contribution < 1.29 is 19.1 Å². The summed E-state index contributed by atoms with van der Waals surface area (Å²) in [4.78, 5) is 29.0. The Morgan fingerprint density at radius 3 is 2.59 bits per heavy atom. The van der Waals surface area contributed by atoms with Gasteiger partial charge in [0.2, 0.25) is 0 Å². The fraction of sp³-hybridized carbons (Fsp3) is 0.136. The fourth-order valence-corrected chi connectivity index (χ4v) is 2.91. The van der Waals surface area contributed by atoms with Gasteiger partial charge in [0.25, 0.3) is 5.91 Å². The number of aromatic nitrogens is 1. The molecular formula is C22H19BrN2O4. The fourth-order valence-electron chi connectivity index (χ4n) is 2.64. The molecule has 7 heteroatoms. The first-order valence-corrected chi connectivity index (χ1v) is 9.62. The third kappa shape index (κ3) is 5.65. The van der Waals surface area contributed by atoms with Crippen LogP contribution in [0.25, 0.3) is 0 Å². The predicted octanol–water partition coefficient (Wildman–Crippen LogP) is 4.07. The molecule has 0 radical (unpaired) electrons. The van der Waals surface area contributed by atoms with Gasteiger partial charge in [-0.2, -0.15) is 0 Å². The molecule has 148 valence electrons. The lowest BCUT2D eigenvalue weighted by atomic mass is 10.1. The predicted molar refractivity (Wildman–Crippen MR) is 111 cm³/mol. The Balaban J connectivity index is 1.72. The number of amides is 1. The summed E-state index contributed by atoms with van der Waals surface area (Å²) in [7, 11) is 1.28. The van der Waals surface area contributed by atoms with Crippen molar-refractivity contribution in [3.63, 3.8) is 0 Å². The van der Waals surface area contributed by atoms with E-state index in [1.165, 1.54) is 7.11 Å². The molecule has 1 heterocycles. The van der Waals surface area contributed by atoms with Gasteiger partial charge in [0, 0.05) is 28.0 Å². The second kappa shape index (κ2) is 9.84. The molecule has 6 nitrogen and oxygen atoms in total. The number of methoxy groups -OCH3 is 1. The Kier molecular flexibility index (Phi) is 6.97. The summed E-state index contributed by atoms with van der Waals surface area (Å²) in [6, 6.07) is 16.7. The first-order chi connectivity index (χ1) is 14.1. The quantitative estimate of drug-likeness (QED) is 0.544. The Hall–Kier alpha value is -3.19. The van der Waals surface area contributed by atoms with Crippen LogP contribution in [0.15, 0.2) is 77.5 Å². The zero-order valence-electron chi connectivity index (χ0n) is 15.7. The summed E-state index contributed by atoms with van der Waals surface area (Å²) >= 11 is 3.35. The molecule has 1 unspecified atom stereocenters. The molecular weight excluding hydrogens is 436 g/mol. The van der Waals surface area contributed by atoms with Crippen LogP contribution in [-0.2, 0) is 16.1 Å². The summed E-state index contributed by atoms with van der Waals surface area (Å²) in [6.45, 7) is 0.336. The van der Waals surface area contributed by atoms with Crippen molar-refractivity contribution in [3.05, 3.63) is 94.2 Å². The van der Waals surface area contributed by atoms with Crippen molar-refractivity contribution >= 4 is 27.8 Å². The zero-order chi connectivity index (χ0) is 20.6. The highest BCUT2D eigenvalue weighted by Crippen LogP contribution is 2.20. The van der Waals surface area contributed by atoms with E-state index >= 15 is 0 Å². The van der Waals surface area contributed by atoms with Gasteiger partial charge in [0.05, 0.1) is 7.11 Å². The molecule has 1 aromatic heterocycles. The molecule has 0 aliphatic heterocycles. The largest absolute Gasteiger partial charge is 0.489 e. The normalized spacial score (nSPS) is 11.4. The Morgan fingerprint density at radius 1 is 1.10 bits per heavy atom. The van der Waals surface area contributed by atoms with Gasteiger partial charge >= 0.3 is 5.97 Å². The van der Waals surface area contributed by atoms with Gasteiger partial charge in [0.1, 0.15) is 12.4 Å². The van der Waals surface area contributed by atoms with Crippen LogP contribution in [0.3, 0.4) is 0 Å². The van der Waals surface area contributed by atoms with E-state index in [4.69, 9.17) is 9.47 Å². The molecule has 3 rings (SSSR count). The summed E-state index contributed by atoms with van der Waals surface area (Å²) in [5, 5.41) is 2.73. The average Bonchev–Trinajstić information content (AvgIpc) is 2.77. The number of carbonyl (C=O) groups excluding carboxylic acids is 2. The number of hydrogen-bond donors (Lipinski definition) is 1. The number of nitrogens with one attached hydrogen (secondary N) is 1. The van der Waals surface area contributed by atoms with Gasteiger partial charge in [-0.25, -0.2) is 4.79 Å². The average molecular weight is 455 g/mol. The number of benzene rings is 2. The molecule has 0 aliphatic carbocycles. The van der Waals surface area contributed by atoms with Gasteiger partial charge < -0.3 is 14.8 Å². The molecule has 0 spiro atoms. The first kappa shape index (κ1) is 20.5. The van der Waals surface area contributed by atoms with E-state index in [1.54, 1.807) is 60.9 Å². The topological polar surface area (TPSA) is 77.5 Å². The van der Waals surface area contributed by atoms with Crippen molar-refractivity contribution in [3.8, 4) is 5.75 Å². The van der Waals surface area contributed by atoms with Gasteiger partial charge in [-0.3, -0.25) is 9.78 Å². The van der Waals surface area contributed by atoms with Crippen LogP contribution in [0, 0.1) is 0 Å². The van der Waals surface area contributed by atoms with E-state index in [0.717, 1.165) is 10.0 Å². The minimum atomic E-state index is -0.916. The number of esters is 1.